The van der Waals surface area contributed by atoms with Crippen LogP contribution in [-0.4, -0.2) is 39.0 Å². The van der Waals surface area contributed by atoms with Gasteiger partial charge in [0, 0.05) is 22.9 Å². The van der Waals surface area contributed by atoms with Crippen LogP contribution >= 0.6 is 0 Å². The molecule has 0 atom stereocenters. The number of nitro groups is 1. The number of carbonyl (C=O) groups is 1. The van der Waals surface area contributed by atoms with E-state index in [2.05, 4.69) is 15.6 Å². The molecule has 10 nitrogen and oxygen atoms in total. The van der Waals surface area contributed by atoms with Crippen LogP contribution in [0.2, 0.25) is 0 Å². The molecule has 3 rings (SSSR count). The predicted molar refractivity (Wildman–Crippen MR) is 114 cm³/mol. The van der Waals surface area contributed by atoms with Crippen LogP contribution in [0.4, 0.5) is 5.69 Å². The lowest BCUT2D eigenvalue weighted by Crippen LogP contribution is -2.17. The third-order valence-corrected chi connectivity index (χ3v) is 4.54. The van der Waals surface area contributed by atoms with Gasteiger partial charge in [-0.05, 0) is 37.6 Å². The molecule has 0 radical (unpaired) electrons. The molecule has 10 heteroatoms. The van der Waals surface area contributed by atoms with Gasteiger partial charge < -0.3 is 9.84 Å². The molecule has 1 heterocycles. The average molecular weight is 423 g/mol. The van der Waals surface area contributed by atoms with Crippen molar-refractivity contribution in [3.8, 4) is 11.5 Å². The molecule has 0 aliphatic carbocycles. The number of rotatable bonds is 7. The number of aryl methyl sites for hydroxylation is 2. The highest BCUT2D eigenvalue weighted by Gasteiger charge is 2.16. The first-order chi connectivity index (χ1) is 14.8. The van der Waals surface area contributed by atoms with E-state index in [4.69, 9.17) is 4.74 Å². The molecule has 160 valence electrons. The summed E-state index contributed by atoms with van der Waals surface area (Å²) in [6, 6.07) is 11.2. The van der Waals surface area contributed by atoms with E-state index in [0.717, 1.165) is 35.3 Å². The van der Waals surface area contributed by atoms with Gasteiger partial charge in [-0.15, -0.1) is 0 Å². The van der Waals surface area contributed by atoms with Crippen LogP contribution in [0.5, 0.6) is 11.5 Å². The number of phenolic OH excluding ortho intramolecular Hbond substituents is 1. The highest BCUT2D eigenvalue weighted by molar-refractivity contribution is 5.95. The summed E-state index contributed by atoms with van der Waals surface area (Å²) in [4.78, 5) is 22.7. The van der Waals surface area contributed by atoms with Crippen molar-refractivity contribution in [2.75, 3.05) is 7.11 Å². The van der Waals surface area contributed by atoms with Crippen molar-refractivity contribution in [1.82, 2.24) is 15.2 Å². The average Bonchev–Trinajstić information content (AvgIpc) is 3.06. The minimum Gasteiger partial charge on any atom is -0.504 e. The Morgan fingerprint density at radius 1 is 1.29 bits per heavy atom. The van der Waals surface area contributed by atoms with Crippen LogP contribution in [-0.2, 0) is 6.54 Å². The first-order valence-corrected chi connectivity index (χ1v) is 9.27. The Hall–Kier alpha value is -4.21. The van der Waals surface area contributed by atoms with E-state index >= 15 is 0 Å². The Morgan fingerprint density at radius 3 is 2.58 bits per heavy atom. The monoisotopic (exact) mass is 423 g/mol. The lowest BCUT2D eigenvalue weighted by molar-refractivity contribution is -0.385. The number of amides is 1. The first kappa shape index (κ1) is 21.5. The van der Waals surface area contributed by atoms with Gasteiger partial charge in [0.05, 0.1) is 36.6 Å². The minimum atomic E-state index is -0.620. The summed E-state index contributed by atoms with van der Waals surface area (Å²) in [5.74, 6) is -0.856. The Balaban J connectivity index is 1.68. The third kappa shape index (κ3) is 5.04. The molecule has 0 bridgehead atoms. The topological polar surface area (TPSA) is 132 Å². The third-order valence-electron chi connectivity index (χ3n) is 4.54. The molecular formula is C21H21N5O5. The van der Waals surface area contributed by atoms with Crippen LogP contribution < -0.4 is 10.2 Å². The van der Waals surface area contributed by atoms with Gasteiger partial charge in [-0.1, -0.05) is 12.1 Å². The molecule has 0 fully saturated rings. The maximum absolute atomic E-state index is 12.3. The quantitative estimate of drug-likeness (QED) is 0.341. The smallest absolute Gasteiger partial charge is 0.274 e. The van der Waals surface area contributed by atoms with Crippen LogP contribution in [0, 0.1) is 24.0 Å². The van der Waals surface area contributed by atoms with Gasteiger partial charge in [0.1, 0.15) is 0 Å². The first-order valence-electron chi connectivity index (χ1n) is 9.27. The second-order valence-electron chi connectivity index (χ2n) is 6.82. The molecular weight excluding hydrogens is 402 g/mol. The normalized spacial score (nSPS) is 10.9. The lowest BCUT2D eigenvalue weighted by atomic mass is 10.1. The van der Waals surface area contributed by atoms with E-state index in [9.17, 15) is 20.0 Å². The molecule has 0 aliphatic rings. The summed E-state index contributed by atoms with van der Waals surface area (Å²) < 4.78 is 6.81. The second-order valence-corrected chi connectivity index (χ2v) is 6.82. The minimum absolute atomic E-state index is 0.0339. The summed E-state index contributed by atoms with van der Waals surface area (Å²) in [7, 11) is 1.28. The zero-order valence-electron chi connectivity index (χ0n) is 17.2. The largest absolute Gasteiger partial charge is 0.504 e. The molecule has 0 unspecified atom stereocenters. The van der Waals surface area contributed by atoms with E-state index in [0.29, 0.717) is 12.1 Å². The fraction of sp³-hybridized carbons (Fsp3) is 0.190. The SMILES string of the molecule is COc1cc([N+](=O)[O-])cc(/C=N\NC(=O)c2ccc(Cn3nc(C)cc3C)cc2)c1O. The zero-order valence-corrected chi connectivity index (χ0v) is 17.2. The van der Waals surface area contributed by atoms with Crippen molar-refractivity contribution in [1.29, 1.82) is 0 Å². The molecule has 0 spiro atoms. The van der Waals surface area contributed by atoms with E-state index in [1.807, 2.05) is 36.7 Å². The van der Waals surface area contributed by atoms with Crippen molar-refractivity contribution >= 4 is 17.8 Å². The van der Waals surface area contributed by atoms with Gasteiger partial charge in [0.2, 0.25) is 0 Å². The molecule has 2 aromatic carbocycles. The maximum atomic E-state index is 12.3. The van der Waals surface area contributed by atoms with Gasteiger partial charge in [0.25, 0.3) is 11.6 Å². The number of benzene rings is 2. The number of phenols is 1. The van der Waals surface area contributed by atoms with E-state index in [1.165, 1.54) is 7.11 Å². The molecule has 0 aliphatic heterocycles. The number of carbonyl (C=O) groups excluding carboxylic acids is 1. The van der Waals surface area contributed by atoms with E-state index in [-0.39, 0.29) is 22.7 Å². The molecule has 1 amide bonds. The Kier molecular flexibility index (Phi) is 6.29. The number of hydrazone groups is 1. The van der Waals surface area contributed by atoms with Gasteiger partial charge in [-0.3, -0.25) is 19.6 Å². The molecule has 3 aromatic rings. The number of nitro benzene ring substituents is 1. The molecule has 0 saturated carbocycles. The lowest BCUT2D eigenvalue weighted by Gasteiger charge is -2.07. The van der Waals surface area contributed by atoms with Crippen molar-refractivity contribution < 1.29 is 19.6 Å². The summed E-state index contributed by atoms with van der Waals surface area (Å²) in [6.45, 7) is 4.50. The van der Waals surface area contributed by atoms with Crippen LogP contribution in [0.1, 0.15) is 32.9 Å². The molecule has 31 heavy (non-hydrogen) atoms. The van der Waals surface area contributed by atoms with E-state index < -0.39 is 10.8 Å². The Morgan fingerprint density at radius 2 is 2.00 bits per heavy atom. The summed E-state index contributed by atoms with van der Waals surface area (Å²) in [5.41, 5.74) is 5.45. The van der Waals surface area contributed by atoms with Crippen molar-refractivity contribution in [3.05, 3.63) is 80.7 Å². The summed E-state index contributed by atoms with van der Waals surface area (Å²) in [5, 5.41) is 29.3. The number of methoxy groups -OCH3 is 1. The number of non-ortho nitro benzene ring substituents is 1. The highest BCUT2D eigenvalue weighted by atomic mass is 16.6. The zero-order chi connectivity index (χ0) is 22.5. The predicted octanol–water partition coefficient (Wildman–Crippen LogP) is 2.93. The summed E-state index contributed by atoms with van der Waals surface area (Å²) >= 11 is 0. The fourth-order valence-corrected chi connectivity index (χ4v) is 2.97. The van der Waals surface area contributed by atoms with Gasteiger partial charge >= 0.3 is 0 Å². The molecule has 1 aromatic heterocycles. The van der Waals surface area contributed by atoms with Gasteiger partial charge in [0.15, 0.2) is 11.5 Å². The Bertz CT molecular complexity index is 1150. The second kappa shape index (κ2) is 9.08. The van der Waals surface area contributed by atoms with Crippen molar-refractivity contribution in [2.24, 2.45) is 5.10 Å². The fourth-order valence-electron chi connectivity index (χ4n) is 2.97. The number of hydrogen-bond donors (Lipinski definition) is 2. The Labute approximate surface area is 177 Å². The highest BCUT2D eigenvalue weighted by Crippen LogP contribution is 2.33. The van der Waals surface area contributed by atoms with Crippen molar-refractivity contribution in [2.45, 2.75) is 20.4 Å². The number of nitrogens with zero attached hydrogens (tertiary/aromatic N) is 4. The number of hydrogen-bond acceptors (Lipinski definition) is 7. The number of aromatic hydroxyl groups is 1. The number of nitrogens with one attached hydrogen (secondary N) is 1. The summed E-state index contributed by atoms with van der Waals surface area (Å²) in [6.07, 6.45) is 1.11. The standard InChI is InChI=1S/C21H21N5O5/c1-13-8-14(2)25(24-13)12-15-4-6-16(7-5-15)21(28)23-22-11-17-9-18(26(29)30)10-19(31-3)20(17)27/h4-11,27H,12H2,1-3H3,(H,23,28)/b22-11-. The van der Waals surface area contributed by atoms with E-state index in [1.54, 1.807) is 12.1 Å². The van der Waals surface area contributed by atoms with Crippen LogP contribution in [0.3, 0.4) is 0 Å². The molecule has 0 saturated heterocycles. The number of ether oxygens (including phenoxy) is 1. The number of aromatic nitrogens is 2. The van der Waals surface area contributed by atoms with Crippen LogP contribution in [0.25, 0.3) is 0 Å². The molecule has 2 N–H and O–H groups in total. The van der Waals surface area contributed by atoms with Crippen molar-refractivity contribution in [3.63, 3.8) is 0 Å². The van der Waals surface area contributed by atoms with Gasteiger partial charge in [-0.25, -0.2) is 5.43 Å². The maximum Gasteiger partial charge on any atom is 0.274 e. The van der Waals surface area contributed by atoms with Crippen LogP contribution in [0.15, 0.2) is 47.6 Å². The van der Waals surface area contributed by atoms with Gasteiger partial charge in [-0.2, -0.15) is 10.2 Å².